The van der Waals surface area contributed by atoms with Gasteiger partial charge < -0.3 is 9.73 Å². The second kappa shape index (κ2) is 7.18. The molecular formula is C19H26N2O2. The molecule has 1 aliphatic rings. The molecule has 2 aromatic rings. The number of hydrogen-bond acceptors (Lipinski definition) is 3. The highest BCUT2D eigenvalue weighted by Gasteiger charge is 2.20. The number of rotatable bonds is 5. The zero-order valence-electron chi connectivity index (χ0n) is 14.0. The van der Waals surface area contributed by atoms with Crippen molar-refractivity contribution in [2.24, 2.45) is 5.92 Å². The van der Waals surface area contributed by atoms with Gasteiger partial charge in [0.2, 0.25) is 5.91 Å². The van der Waals surface area contributed by atoms with Crippen LogP contribution in [0.5, 0.6) is 0 Å². The van der Waals surface area contributed by atoms with E-state index in [-0.39, 0.29) is 11.9 Å². The second-order valence-electron chi connectivity index (χ2n) is 6.81. The van der Waals surface area contributed by atoms with Crippen molar-refractivity contribution in [3.63, 3.8) is 0 Å². The Morgan fingerprint density at radius 3 is 2.74 bits per heavy atom. The maximum Gasteiger partial charge on any atom is 0.234 e. The summed E-state index contributed by atoms with van der Waals surface area (Å²) in [6, 6.07) is 10.4. The van der Waals surface area contributed by atoms with Gasteiger partial charge in [-0.25, -0.2) is 0 Å². The molecule has 0 aliphatic heterocycles. The topological polar surface area (TPSA) is 54.3 Å². The Morgan fingerprint density at radius 1 is 1.26 bits per heavy atom. The molecule has 1 heterocycles. The lowest BCUT2D eigenvalue weighted by molar-refractivity contribution is -0.121. The number of para-hydroxylation sites is 1. The maximum absolute atomic E-state index is 12.1. The molecule has 3 rings (SSSR count). The predicted molar refractivity (Wildman–Crippen MR) is 92.2 cm³/mol. The van der Waals surface area contributed by atoms with Gasteiger partial charge in [0.05, 0.1) is 12.6 Å². The molecule has 1 amide bonds. The first-order valence-electron chi connectivity index (χ1n) is 8.63. The van der Waals surface area contributed by atoms with E-state index in [9.17, 15) is 4.79 Å². The molecule has 0 bridgehead atoms. The summed E-state index contributed by atoms with van der Waals surface area (Å²) in [5.41, 5.74) is 0.886. The monoisotopic (exact) mass is 314 g/mol. The van der Waals surface area contributed by atoms with Crippen LogP contribution in [0.2, 0.25) is 0 Å². The molecule has 1 saturated carbocycles. The predicted octanol–water partition coefficient (Wildman–Crippen LogP) is 3.78. The van der Waals surface area contributed by atoms with E-state index in [4.69, 9.17) is 4.42 Å². The number of carbonyl (C=O) groups is 1. The highest BCUT2D eigenvalue weighted by Crippen LogP contribution is 2.24. The average molecular weight is 314 g/mol. The van der Waals surface area contributed by atoms with Crippen LogP contribution in [-0.2, 0) is 4.79 Å². The first-order chi connectivity index (χ1) is 11.1. The van der Waals surface area contributed by atoms with E-state index in [1.54, 1.807) is 0 Å². The molecule has 2 N–H and O–H groups in total. The molecule has 0 radical (unpaired) electrons. The van der Waals surface area contributed by atoms with Gasteiger partial charge in [0, 0.05) is 11.4 Å². The van der Waals surface area contributed by atoms with Crippen molar-refractivity contribution in [2.75, 3.05) is 6.54 Å². The van der Waals surface area contributed by atoms with Crippen LogP contribution in [0.15, 0.2) is 34.7 Å². The average Bonchev–Trinajstić information content (AvgIpc) is 2.99. The molecule has 1 aromatic carbocycles. The Kier molecular flexibility index (Phi) is 5.01. The van der Waals surface area contributed by atoms with Gasteiger partial charge in [-0.05, 0) is 50.7 Å². The Bertz CT molecular complexity index is 623. The van der Waals surface area contributed by atoms with Crippen LogP contribution in [0.4, 0.5) is 0 Å². The highest BCUT2D eigenvalue weighted by molar-refractivity contribution is 5.79. The molecule has 4 heteroatoms. The SMILES string of the molecule is CC1CCC(NC(=O)CNC(C)c2cc3ccccc3o2)CC1. The van der Waals surface area contributed by atoms with Crippen LogP contribution in [0.3, 0.4) is 0 Å². The van der Waals surface area contributed by atoms with Gasteiger partial charge in [0.15, 0.2) is 0 Å². The summed E-state index contributed by atoms with van der Waals surface area (Å²) < 4.78 is 5.83. The third-order valence-corrected chi connectivity index (χ3v) is 4.82. The van der Waals surface area contributed by atoms with E-state index in [0.717, 1.165) is 35.5 Å². The van der Waals surface area contributed by atoms with Gasteiger partial charge in [-0.3, -0.25) is 10.1 Å². The summed E-state index contributed by atoms with van der Waals surface area (Å²) in [4.78, 5) is 12.1. The quantitative estimate of drug-likeness (QED) is 0.883. The Labute approximate surface area is 137 Å². The molecule has 1 atom stereocenters. The summed E-state index contributed by atoms with van der Waals surface area (Å²) in [7, 11) is 0. The Morgan fingerprint density at radius 2 is 2.00 bits per heavy atom. The van der Waals surface area contributed by atoms with Crippen molar-refractivity contribution in [3.05, 3.63) is 36.1 Å². The van der Waals surface area contributed by atoms with Crippen LogP contribution in [0.1, 0.15) is 51.3 Å². The van der Waals surface area contributed by atoms with E-state index in [2.05, 4.69) is 17.6 Å². The lowest BCUT2D eigenvalue weighted by Gasteiger charge is -2.27. The molecule has 124 valence electrons. The van der Waals surface area contributed by atoms with Crippen molar-refractivity contribution in [3.8, 4) is 0 Å². The van der Waals surface area contributed by atoms with Crippen molar-refractivity contribution in [1.29, 1.82) is 0 Å². The zero-order chi connectivity index (χ0) is 16.2. The molecule has 23 heavy (non-hydrogen) atoms. The first kappa shape index (κ1) is 16.1. The summed E-state index contributed by atoms with van der Waals surface area (Å²) in [6.07, 6.45) is 4.64. The minimum Gasteiger partial charge on any atom is -0.459 e. The summed E-state index contributed by atoms with van der Waals surface area (Å²) in [5.74, 6) is 1.74. The third-order valence-electron chi connectivity index (χ3n) is 4.82. The zero-order valence-corrected chi connectivity index (χ0v) is 14.0. The fraction of sp³-hybridized carbons (Fsp3) is 0.526. The third kappa shape index (κ3) is 4.14. The minimum atomic E-state index is 0.0135. The lowest BCUT2D eigenvalue weighted by Crippen LogP contribution is -2.42. The van der Waals surface area contributed by atoms with Crippen LogP contribution in [-0.4, -0.2) is 18.5 Å². The van der Waals surface area contributed by atoms with Crippen molar-refractivity contribution in [1.82, 2.24) is 10.6 Å². The highest BCUT2D eigenvalue weighted by atomic mass is 16.3. The van der Waals surface area contributed by atoms with Crippen molar-refractivity contribution >= 4 is 16.9 Å². The largest absolute Gasteiger partial charge is 0.459 e. The molecule has 1 aromatic heterocycles. The molecule has 4 nitrogen and oxygen atoms in total. The van der Waals surface area contributed by atoms with E-state index in [1.807, 2.05) is 37.3 Å². The fourth-order valence-corrected chi connectivity index (χ4v) is 3.25. The molecule has 0 spiro atoms. The van der Waals surface area contributed by atoms with Gasteiger partial charge in [-0.2, -0.15) is 0 Å². The van der Waals surface area contributed by atoms with Crippen molar-refractivity contribution < 1.29 is 9.21 Å². The number of amides is 1. The van der Waals surface area contributed by atoms with E-state index in [0.29, 0.717) is 12.6 Å². The van der Waals surface area contributed by atoms with Gasteiger partial charge in [-0.15, -0.1) is 0 Å². The van der Waals surface area contributed by atoms with Crippen LogP contribution in [0, 0.1) is 5.92 Å². The smallest absolute Gasteiger partial charge is 0.234 e. The van der Waals surface area contributed by atoms with E-state index in [1.165, 1.54) is 12.8 Å². The Hall–Kier alpha value is -1.81. The molecule has 0 saturated heterocycles. The van der Waals surface area contributed by atoms with Crippen LogP contribution in [0.25, 0.3) is 11.0 Å². The minimum absolute atomic E-state index is 0.0135. The van der Waals surface area contributed by atoms with Gasteiger partial charge in [0.25, 0.3) is 0 Å². The molecule has 1 unspecified atom stereocenters. The number of benzene rings is 1. The van der Waals surface area contributed by atoms with Crippen LogP contribution >= 0.6 is 0 Å². The second-order valence-corrected chi connectivity index (χ2v) is 6.81. The van der Waals surface area contributed by atoms with E-state index < -0.39 is 0 Å². The van der Waals surface area contributed by atoms with Crippen LogP contribution < -0.4 is 10.6 Å². The lowest BCUT2D eigenvalue weighted by atomic mass is 9.87. The summed E-state index contributed by atoms with van der Waals surface area (Å²) in [6.45, 7) is 4.63. The normalized spacial score (nSPS) is 22.9. The number of hydrogen-bond donors (Lipinski definition) is 2. The molecule has 1 aliphatic carbocycles. The summed E-state index contributed by atoms with van der Waals surface area (Å²) in [5, 5.41) is 7.49. The number of furan rings is 1. The van der Waals surface area contributed by atoms with Gasteiger partial charge in [-0.1, -0.05) is 25.1 Å². The van der Waals surface area contributed by atoms with E-state index >= 15 is 0 Å². The summed E-state index contributed by atoms with van der Waals surface area (Å²) >= 11 is 0. The number of nitrogens with one attached hydrogen (secondary N) is 2. The number of fused-ring (bicyclic) bond motifs is 1. The van der Waals surface area contributed by atoms with Gasteiger partial charge in [0.1, 0.15) is 11.3 Å². The molecule has 1 fully saturated rings. The van der Waals surface area contributed by atoms with Crippen molar-refractivity contribution in [2.45, 2.75) is 51.6 Å². The standard InChI is InChI=1S/C19H26N2O2/c1-13-7-9-16(10-8-13)21-19(22)12-20-14(2)18-11-15-5-3-4-6-17(15)23-18/h3-6,11,13-14,16,20H,7-10,12H2,1-2H3,(H,21,22). The number of carbonyl (C=O) groups excluding carboxylic acids is 1. The first-order valence-corrected chi connectivity index (χ1v) is 8.63. The van der Waals surface area contributed by atoms with Gasteiger partial charge >= 0.3 is 0 Å². The fourth-order valence-electron chi connectivity index (χ4n) is 3.25. The Balaban J connectivity index is 1.48. The maximum atomic E-state index is 12.1. The molecular weight excluding hydrogens is 288 g/mol.